The van der Waals surface area contributed by atoms with Gasteiger partial charge >= 0.3 is 5.97 Å². The van der Waals surface area contributed by atoms with Crippen LogP contribution >= 0.6 is 0 Å². The summed E-state index contributed by atoms with van der Waals surface area (Å²) in [6.45, 7) is 0. The van der Waals surface area contributed by atoms with Crippen molar-refractivity contribution < 1.29 is 18.3 Å². The van der Waals surface area contributed by atoms with E-state index in [4.69, 9.17) is 5.11 Å². The van der Waals surface area contributed by atoms with Crippen LogP contribution in [0.2, 0.25) is 0 Å². The van der Waals surface area contributed by atoms with Gasteiger partial charge in [0.05, 0.1) is 4.90 Å². The average Bonchev–Trinajstić information content (AvgIpc) is 3.17. The summed E-state index contributed by atoms with van der Waals surface area (Å²) in [4.78, 5) is 10.9. The maximum Gasteiger partial charge on any atom is 0.303 e. The monoisotopic (exact) mass is 363 g/mol. The number of rotatable bonds is 8. The zero-order valence-corrected chi connectivity index (χ0v) is 15.0. The average molecular weight is 363 g/mol. The summed E-state index contributed by atoms with van der Waals surface area (Å²) in [7, 11) is -3.51. The third kappa shape index (κ3) is 4.30. The van der Waals surface area contributed by atoms with Crippen molar-refractivity contribution in [2.24, 2.45) is 17.8 Å². The quantitative estimate of drug-likeness (QED) is 0.549. The number of fused-ring (bicyclic) bond motifs is 2. The van der Waals surface area contributed by atoms with Crippen molar-refractivity contribution in [1.82, 2.24) is 4.72 Å². The van der Waals surface area contributed by atoms with Crippen molar-refractivity contribution in [3.63, 3.8) is 0 Å². The largest absolute Gasteiger partial charge is 0.481 e. The maximum absolute atomic E-state index is 12.7. The van der Waals surface area contributed by atoms with E-state index in [0.29, 0.717) is 23.2 Å². The first kappa shape index (κ1) is 18.1. The molecular weight excluding hydrogens is 338 g/mol. The normalized spacial score (nSPS) is 28.6. The highest BCUT2D eigenvalue weighted by Gasteiger charge is 2.47. The predicted octanol–water partition coefficient (Wildman–Crippen LogP) is 3.19. The summed E-state index contributed by atoms with van der Waals surface area (Å²) in [5.41, 5.74) is 0. The minimum Gasteiger partial charge on any atom is -0.481 e. The van der Waals surface area contributed by atoms with Crippen LogP contribution in [0.3, 0.4) is 0 Å². The fraction of sp³-hybridized carbons (Fsp3) is 0.526. The number of sulfonamides is 1. The molecule has 1 aromatic rings. The Morgan fingerprint density at radius 1 is 1.20 bits per heavy atom. The molecule has 0 spiro atoms. The molecule has 0 heterocycles. The molecule has 2 fully saturated rings. The maximum atomic E-state index is 12.7. The van der Waals surface area contributed by atoms with Gasteiger partial charge in [0, 0.05) is 12.5 Å². The van der Waals surface area contributed by atoms with Crippen LogP contribution in [0.15, 0.2) is 47.4 Å². The standard InChI is InChI=1S/C19H25NO4S/c21-18(22)10-6-2-5-9-17-14-11-12-15(13-14)19(17)20-25(23,24)16-7-3-1-4-8-16/h1,3-5,7-9,14-15,17,19-20H,2,6,10-13H2,(H,21,22)/b9-5+/t14-,15-,17-,19-/m0/s1. The van der Waals surface area contributed by atoms with E-state index in [1.54, 1.807) is 30.3 Å². The molecule has 25 heavy (non-hydrogen) atoms. The number of hydrogen-bond acceptors (Lipinski definition) is 3. The van der Waals surface area contributed by atoms with E-state index in [9.17, 15) is 13.2 Å². The number of nitrogens with one attached hydrogen (secondary N) is 1. The van der Waals surface area contributed by atoms with Crippen LogP contribution in [0, 0.1) is 17.8 Å². The molecule has 0 radical (unpaired) electrons. The van der Waals surface area contributed by atoms with Gasteiger partial charge in [0.25, 0.3) is 0 Å². The van der Waals surface area contributed by atoms with E-state index in [-0.39, 0.29) is 18.4 Å². The van der Waals surface area contributed by atoms with Crippen LogP contribution in [-0.2, 0) is 14.8 Å². The lowest BCUT2D eigenvalue weighted by Crippen LogP contribution is -2.43. The Bertz CT molecular complexity index is 729. The van der Waals surface area contributed by atoms with Crippen molar-refractivity contribution in [2.45, 2.75) is 49.5 Å². The second-order valence-electron chi connectivity index (χ2n) is 7.08. The van der Waals surface area contributed by atoms with Gasteiger partial charge in [0.2, 0.25) is 10.0 Å². The zero-order valence-electron chi connectivity index (χ0n) is 14.2. The highest BCUT2D eigenvalue weighted by Crippen LogP contribution is 2.49. The van der Waals surface area contributed by atoms with E-state index in [2.05, 4.69) is 10.8 Å². The highest BCUT2D eigenvalue weighted by atomic mass is 32.2. The number of unbranched alkanes of at least 4 members (excludes halogenated alkanes) is 1. The predicted molar refractivity (Wildman–Crippen MR) is 95.5 cm³/mol. The van der Waals surface area contributed by atoms with E-state index in [1.807, 2.05) is 6.08 Å². The summed E-state index contributed by atoms with van der Waals surface area (Å²) < 4.78 is 28.3. The minimum absolute atomic E-state index is 0.0559. The van der Waals surface area contributed by atoms with E-state index in [1.165, 1.54) is 0 Å². The van der Waals surface area contributed by atoms with Gasteiger partial charge in [0.1, 0.15) is 0 Å². The fourth-order valence-corrected chi connectivity index (χ4v) is 5.62. The van der Waals surface area contributed by atoms with Gasteiger partial charge in [-0.1, -0.05) is 30.4 Å². The molecule has 0 saturated heterocycles. The van der Waals surface area contributed by atoms with Gasteiger partial charge < -0.3 is 5.11 Å². The van der Waals surface area contributed by atoms with Crippen LogP contribution in [0.5, 0.6) is 0 Å². The van der Waals surface area contributed by atoms with Crippen molar-refractivity contribution in [1.29, 1.82) is 0 Å². The molecule has 5 nitrogen and oxygen atoms in total. The first-order valence-electron chi connectivity index (χ1n) is 8.93. The molecule has 1 aromatic carbocycles. The van der Waals surface area contributed by atoms with Crippen LogP contribution in [0.1, 0.15) is 38.5 Å². The lowest BCUT2D eigenvalue weighted by molar-refractivity contribution is -0.137. The molecule has 0 amide bonds. The number of benzene rings is 1. The Kier molecular flexibility index (Phi) is 5.59. The number of carboxylic acid groups (broad SMARTS) is 1. The molecule has 0 aromatic heterocycles. The van der Waals surface area contributed by atoms with Gasteiger partial charge in [-0.15, -0.1) is 0 Å². The van der Waals surface area contributed by atoms with Crippen LogP contribution in [-0.4, -0.2) is 25.5 Å². The Morgan fingerprint density at radius 2 is 1.92 bits per heavy atom. The summed E-state index contributed by atoms with van der Waals surface area (Å²) in [5, 5.41) is 8.69. The molecule has 0 unspecified atom stereocenters. The molecule has 4 atom stereocenters. The summed E-state index contributed by atoms with van der Waals surface area (Å²) >= 11 is 0. The molecule has 2 N–H and O–H groups in total. The fourth-order valence-electron chi connectivity index (χ4n) is 4.26. The Labute approximate surface area is 149 Å². The van der Waals surface area contributed by atoms with Gasteiger partial charge in [-0.05, 0) is 62.0 Å². The van der Waals surface area contributed by atoms with Gasteiger partial charge in [-0.25, -0.2) is 13.1 Å². The molecule has 3 rings (SSSR count). The number of carbonyl (C=O) groups is 1. The highest BCUT2D eigenvalue weighted by molar-refractivity contribution is 7.89. The van der Waals surface area contributed by atoms with Crippen LogP contribution in [0.25, 0.3) is 0 Å². The van der Waals surface area contributed by atoms with Crippen molar-refractivity contribution in [2.75, 3.05) is 0 Å². The first-order chi connectivity index (χ1) is 12.0. The van der Waals surface area contributed by atoms with Gasteiger partial charge in [-0.3, -0.25) is 4.79 Å². The van der Waals surface area contributed by atoms with Gasteiger partial charge in [-0.2, -0.15) is 0 Å². The van der Waals surface area contributed by atoms with Crippen molar-refractivity contribution >= 4 is 16.0 Å². The lowest BCUT2D eigenvalue weighted by Gasteiger charge is -2.29. The lowest BCUT2D eigenvalue weighted by atomic mass is 9.84. The molecule has 2 aliphatic rings. The third-order valence-electron chi connectivity index (χ3n) is 5.45. The van der Waals surface area contributed by atoms with E-state index in [0.717, 1.165) is 25.7 Å². The molecule has 2 aliphatic carbocycles. The zero-order chi connectivity index (χ0) is 17.9. The second kappa shape index (κ2) is 7.70. The van der Waals surface area contributed by atoms with Crippen molar-refractivity contribution in [3.05, 3.63) is 42.5 Å². The molecule has 0 aliphatic heterocycles. The Hall–Kier alpha value is -1.66. The number of allylic oxidation sites excluding steroid dienone is 1. The second-order valence-corrected chi connectivity index (χ2v) is 8.80. The molecule has 6 heteroatoms. The SMILES string of the molecule is O=C(O)CCC/C=C/[C@H]1[C@H]2CC[C@@H](C2)[C@@H]1NS(=O)(=O)c1ccccc1. The molecular formula is C19H25NO4S. The number of aliphatic carboxylic acids is 1. The summed E-state index contributed by atoms with van der Waals surface area (Å²) in [6, 6.07) is 8.45. The third-order valence-corrected chi connectivity index (χ3v) is 6.92. The van der Waals surface area contributed by atoms with E-state index >= 15 is 0 Å². The topological polar surface area (TPSA) is 83.5 Å². The number of hydrogen-bond donors (Lipinski definition) is 2. The minimum atomic E-state index is -3.51. The summed E-state index contributed by atoms with van der Waals surface area (Å²) in [5.74, 6) is 0.366. The van der Waals surface area contributed by atoms with Crippen LogP contribution < -0.4 is 4.72 Å². The smallest absolute Gasteiger partial charge is 0.303 e. The molecule has 136 valence electrons. The van der Waals surface area contributed by atoms with Gasteiger partial charge in [0.15, 0.2) is 0 Å². The summed E-state index contributed by atoms with van der Waals surface area (Å²) in [6.07, 6.45) is 8.96. The van der Waals surface area contributed by atoms with Crippen molar-refractivity contribution in [3.8, 4) is 0 Å². The first-order valence-corrected chi connectivity index (χ1v) is 10.4. The van der Waals surface area contributed by atoms with E-state index < -0.39 is 16.0 Å². The van der Waals surface area contributed by atoms with Crippen LogP contribution in [0.4, 0.5) is 0 Å². The molecule has 2 bridgehead atoms. The Morgan fingerprint density at radius 3 is 2.64 bits per heavy atom. The molecule has 2 saturated carbocycles. The Balaban J connectivity index is 1.66. The number of carboxylic acids is 1.